The maximum atomic E-state index is 12.3. The number of rotatable bonds is 1. The molecule has 0 spiro atoms. The molecule has 0 N–H and O–H groups in total. The normalized spacial score (nSPS) is 10.7. The highest BCUT2D eigenvalue weighted by atomic mass is 35.5. The van der Waals surface area contributed by atoms with Crippen LogP contribution in [0.1, 0.15) is 0 Å². The number of nitrogens with zero attached hydrogens (tertiary/aromatic N) is 2. The predicted molar refractivity (Wildman–Crippen MR) is 78.6 cm³/mol. The molecular formula is C15H9ClN2O2. The fourth-order valence-electron chi connectivity index (χ4n) is 2.02. The average Bonchev–Trinajstić information content (AvgIpc) is 2.58. The molecule has 1 aromatic heterocycles. The Morgan fingerprint density at radius 1 is 1.00 bits per heavy atom. The van der Waals surface area contributed by atoms with Crippen molar-refractivity contribution in [3.8, 4) is 5.69 Å². The van der Waals surface area contributed by atoms with Gasteiger partial charge in [-0.05, 0) is 30.3 Å². The van der Waals surface area contributed by atoms with Crippen molar-refractivity contribution >= 4 is 22.6 Å². The molecule has 0 fully saturated rings. The third kappa shape index (κ3) is 2.10. The predicted octanol–water partition coefficient (Wildman–Crippen LogP) is 2.40. The zero-order valence-electron chi connectivity index (χ0n) is 10.3. The Labute approximate surface area is 118 Å². The number of aromatic nitrogens is 2. The maximum Gasteiger partial charge on any atom is 0.305 e. The average molecular weight is 285 g/mol. The van der Waals surface area contributed by atoms with E-state index in [9.17, 15) is 9.59 Å². The van der Waals surface area contributed by atoms with E-state index in [2.05, 4.69) is 4.98 Å². The van der Waals surface area contributed by atoms with Gasteiger partial charge in [-0.25, -0.2) is 0 Å². The lowest BCUT2D eigenvalue weighted by Gasteiger charge is -2.06. The monoisotopic (exact) mass is 284 g/mol. The van der Waals surface area contributed by atoms with Gasteiger partial charge >= 0.3 is 5.56 Å². The minimum atomic E-state index is -0.666. The number of halogens is 1. The lowest BCUT2D eigenvalue weighted by Crippen LogP contribution is -2.29. The molecule has 5 heteroatoms. The summed E-state index contributed by atoms with van der Waals surface area (Å²) in [6.45, 7) is 0. The van der Waals surface area contributed by atoms with Crippen LogP contribution >= 0.6 is 11.6 Å². The van der Waals surface area contributed by atoms with Crippen molar-refractivity contribution < 1.29 is 0 Å². The quantitative estimate of drug-likeness (QED) is 0.645. The second-order valence-corrected chi connectivity index (χ2v) is 4.67. The summed E-state index contributed by atoms with van der Waals surface area (Å²) < 4.78 is 1.33. The number of hydrogen-bond acceptors (Lipinski definition) is 3. The molecule has 2 aromatic carbocycles. The first-order chi connectivity index (χ1) is 9.66. The van der Waals surface area contributed by atoms with E-state index in [1.54, 1.807) is 42.5 Å². The molecular weight excluding hydrogens is 276 g/mol. The number of benzene rings is 2. The minimum Gasteiger partial charge on any atom is -0.282 e. The first-order valence-electron chi connectivity index (χ1n) is 5.94. The van der Waals surface area contributed by atoms with Crippen LogP contribution in [0.4, 0.5) is 0 Å². The van der Waals surface area contributed by atoms with E-state index < -0.39 is 11.0 Å². The van der Waals surface area contributed by atoms with Crippen LogP contribution in [-0.2, 0) is 0 Å². The first-order valence-corrected chi connectivity index (χ1v) is 6.32. The van der Waals surface area contributed by atoms with Crippen LogP contribution < -0.4 is 11.0 Å². The smallest absolute Gasteiger partial charge is 0.282 e. The zero-order chi connectivity index (χ0) is 14.1. The molecule has 0 radical (unpaired) electrons. The lowest BCUT2D eigenvalue weighted by atomic mass is 10.2. The van der Waals surface area contributed by atoms with Gasteiger partial charge in [-0.15, -0.1) is 0 Å². The van der Waals surface area contributed by atoms with Gasteiger partial charge < -0.3 is 0 Å². The molecule has 0 amide bonds. The fourth-order valence-corrected chi connectivity index (χ4v) is 2.19. The third-order valence-corrected chi connectivity index (χ3v) is 3.16. The van der Waals surface area contributed by atoms with Crippen LogP contribution in [0.25, 0.3) is 16.7 Å². The Bertz CT molecular complexity index is 905. The molecule has 98 valence electrons. The third-order valence-electron chi connectivity index (χ3n) is 2.93. The van der Waals surface area contributed by atoms with Crippen molar-refractivity contribution in [3.05, 3.63) is 80.3 Å². The molecule has 0 saturated carbocycles. The van der Waals surface area contributed by atoms with E-state index >= 15 is 0 Å². The second-order valence-electron chi connectivity index (χ2n) is 4.23. The van der Waals surface area contributed by atoms with Gasteiger partial charge in [0.05, 0.1) is 17.2 Å². The molecule has 4 nitrogen and oxygen atoms in total. The van der Waals surface area contributed by atoms with Crippen LogP contribution in [0.15, 0.2) is 64.3 Å². The Kier molecular flexibility index (Phi) is 3.08. The SMILES string of the molecule is O=c1cnc2ccc(Cl)cc2n(-c2ccccc2)c1=O. The van der Waals surface area contributed by atoms with Crippen LogP contribution in [-0.4, -0.2) is 9.55 Å². The van der Waals surface area contributed by atoms with Gasteiger partial charge in [0.1, 0.15) is 0 Å². The largest absolute Gasteiger partial charge is 0.305 e. The first kappa shape index (κ1) is 12.6. The summed E-state index contributed by atoms with van der Waals surface area (Å²) in [7, 11) is 0. The molecule has 0 saturated heterocycles. The van der Waals surface area contributed by atoms with E-state index in [-0.39, 0.29) is 0 Å². The minimum absolute atomic E-state index is 0.474. The van der Waals surface area contributed by atoms with Gasteiger partial charge in [0.25, 0.3) is 5.43 Å². The van der Waals surface area contributed by atoms with Crippen molar-refractivity contribution in [2.75, 3.05) is 0 Å². The Morgan fingerprint density at radius 3 is 2.50 bits per heavy atom. The highest BCUT2D eigenvalue weighted by molar-refractivity contribution is 6.31. The summed E-state index contributed by atoms with van der Waals surface area (Å²) in [6.07, 6.45) is 1.04. The molecule has 3 aromatic rings. The molecule has 3 rings (SSSR count). The standard InChI is InChI=1S/C15H9ClN2O2/c16-10-6-7-12-13(8-10)18(11-4-2-1-3-5-11)15(20)14(19)9-17-12/h1-9H. The molecule has 0 aliphatic rings. The van der Waals surface area contributed by atoms with E-state index in [0.29, 0.717) is 21.7 Å². The number of fused-ring (bicyclic) bond motifs is 1. The van der Waals surface area contributed by atoms with E-state index in [1.165, 1.54) is 4.57 Å². The van der Waals surface area contributed by atoms with Crippen LogP contribution in [0.5, 0.6) is 0 Å². The fraction of sp³-hybridized carbons (Fsp3) is 0. The maximum absolute atomic E-state index is 12.3. The Morgan fingerprint density at radius 2 is 1.75 bits per heavy atom. The van der Waals surface area contributed by atoms with Crippen LogP contribution in [0.2, 0.25) is 5.02 Å². The van der Waals surface area contributed by atoms with Gasteiger partial charge in [-0.3, -0.25) is 19.1 Å². The summed E-state index contributed by atoms with van der Waals surface area (Å²) >= 11 is 5.99. The molecule has 0 aliphatic heterocycles. The second kappa shape index (κ2) is 4.90. The summed E-state index contributed by atoms with van der Waals surface area (Å²) in [5.74, 6) is 0. The van der Waals surface area contributed by atoms with Gasteiger partial charge in [-0.2, -0.15) is 0 Å². The lowest BCUT2D eigenvalue weighted by molar-refractivity contribution is 1.04. The van der Waals surface area contributed by atoms with Gasteiger partial charge in [0.2, 0.25) is 0 Å². The Hall–Kier alpha value is -2.46. The summed E-state index contributed by atoms with van der Waals surface area (Å²) in [5, 5.41) is 0.474. The van der Waals surface area contributed by atoms with Gasteiger partial charge in [0.15, 0.2) is 0 Å². The van der Waals surface area contributed by atoms with Crippen LogP contribution in [0, 0.1) is 0 Å². The number of hydrogen-bond donors (Lipinski definition) is 0. The molecule has 0 bridgehead atoms. The molecule has 0 aliphatic carbocycles. The van der Waals surface area contributed by atoms with Crippen LogP contribution in [0.3, 0.4) is 0 Å². The van der Waals surface area contributed by atoms with Crippen molar-refractivity contribution in [3.63, 3.8) is 0 Å². The number of para-hydroxylation sites is 1. The van der Waals surface area contributed by atoms with E-state index in [0.717, 1.165) is 6.20 Å². The van der Waals surface area contributed by atoms with E-state index in [4.69, 9.17) is 11.6 Å². The zero-order valence-corrected chi connectivity index (χ0v) is 11.0. The van der Waals surface area contributed by atoms with Crippen molar-refractivity contribution in [1.29, 1.82) is 0 Å². The molecule has 1 heterocycles. The summed E-state index contributed by atoms with van der Waals surface area (Å²) in [4.78, 5) is 28.1. The van der Waals surface area contributed by atoms with Crippen molar-refractivity contribution in [1.82, 2.24) is 9.55 Å². The summed E-state index contributed by atoms with van der Waals surface area (Å²) in [5.41, 5.74) is 0.301. The van der Waals surface area contributed by atoms with E-state index in [1.807, 2.05) is 6.07 Å². The topological polar surface area (TPSA) is 52.0 Å². The highest BCUT2D eigenvalue weighted by Crippen LogP contribution is 2.18. The van der Waals surface area contributed by atoms with Gasteiger partial charge in [0, 0.05) is 10.7 Å². The Balaban J connectivity index is 2.58. The van der Waals surface area contributed by atoms with Crippen molar-refractivity contribution in [2.45, 2.75) is 0 Å². The summed E-state index contributed by atoms with van der Waals surface area (Å²) in [6, 6.07) is 13.9. The van der Waals surface area contributed by atoms with Crippen molar-refractivity contribution in [2.24, 2.45) is 0 Å². The van der Waals surface area contributed by atoms with Gasteiger partial charge in [-0.1, -0.05) is 29.8 Å². The molecule has 20 heavy (non-hydrogen) atoms. The molecule has 0 atom stereocenters. The highest BCUT2D eigenvalue weighted by Gasteiger charge is 2.08. The molecule has 0 unspecified atom stereocenters.